The molecule has 1 atom stereocenters. The molecule has 4 N–H and O–H groups in total. The molecular weight excluding hydrogens is 271 g/mol. The van der Waals surface area contributed by atoms with Crippen LogP contribution in [0.2, 0.25) is 0 Å². The highest BCUT2D eigenvalue weighted by molar-refractivity contribution is 5.91. The fourth-order valence-electron chi connectivity index (χ4n) is 2.91. The lowest BCUT2D eigenvalue weighted by atomic mass is 9.94. The molecule has 0 amide bonds. The second kappa shape index (κ2) is 5.27. The average Bonchev–Trinajstić information content (AvgIpc) is 2.50. The maximum atomic E-state index is 13.1. The van der Waals surface area contributed by atoms with Crippen molar-refractivity contribution in [1.82, 2.24) is 10.4 Å². The van der Waals surface area contributed by atoms with E-state index in [-0.39, 0.29) is 23.4 Å². The van der Waals surface area contributed by atoms with E-state index in [1.54, 1.807) is 12.1 Å². The molecule has 1 aliphatic heterocycles. The van der Waals surface area contributed by atoms with Gasteiger partial charge in [-0.05, 0) is 52.3 Å². The first-order valence-electron chi connectivity index (χ1n) is 7.00. The molecule has 0 spiro atoms. The molecule has 1 saturated heterocycles. The molecular formula is C15H23FN4O. The highest BCUT2D eigenvalue weighted by Crippen LogP contribution is 2.38. The first kappa shape index (κ1) is 15.7. The van der Waals surface area contributed by atoms with Crippen LogP contribution in [0.4, 0.5) is 10.1 Å². The SMILES string of the molecule is CC1(C)CC(NC(=N)Nc2cccc(F)c2)C(C)(C)N1O. The maximum Gasteiger partial charge on any atom is 0.193 e. The Bertz CT molecular complexity index is 544. The minimum atomic E-state index is -0.501. The topological polar surface area (TPSA) is 71.4 Å². The molecule has 1 aliphatic rings. The minimum Gasteiger partial charge on any atom is -0.352 e. The molecule has 5 nitrogen and oxygen atoms in total. The Morgan fingerprint density at radius 1 is 1.38 bits per heavy atom. The van der Waals surface area contributed by atoms with Gasteiger partial charge in [0.15, 0.2) is 5.96 Å². The quantitative estimate of drug-likeness (QED) is 0.500. The zero-order valence-electron chi connectivity index (χ0n) is 12.9. The monoisotopic (exact) mass is 294 g/mol. The third-order valence-corrected chi connectivity index (χ3v) is 4.09. The lowest BCUT2D eigenvalue weighted by molar-refractivity contribution is -0.193. The Balaban J connectivity index is 2.03. The van der Waals surface area contributed by atoms with Crippen molar-refractivity contribution in [3.63, 3.8) is 0 Å². The Morgan fingerprint density at radius 3 is 2.57 bits per heavy atom. The number of anilines is 1. The number of hydroxylamine groups is 2. The van der Waals surface area contributed by atoms with Crippen LogP contribution in [0.5, 0.6) is 0 Å². The fourth-order valence-corrected chi connectivity index (χ4v) is 2.91. The largest absolute Gasteiger partial charge is 0.352 e. The molecule has 1 fully saturated rings. The standard InChI is InChI=1S/C15H23FN4O/c1-14(2)9-12(15(3,4)20(14)21)19-13(17)18-11-7-5-6-10(16)8-11/h5-8,12,21H,9H2,1-4H3,(H3,17,18,19). The van der Waals surface area contributed by atoms with Crippen molar-refractivity contribution in [2.75, 3.05) is 5.32 Å². The molecule has 1 unspecified atom stereocenters. The zero-order chi connectivity index (χ0) is 15.8. The highest BCUT2D eigenvalue weighted by atomic mass is 19.1. The van der Waals surface area contributed by atoms with Crippen LogP contribution in [0, 0.1) is 11.2 Å². The first-order chi connectivity index (χ1) is 9.63. The van der Waals surface area contributed by atoms with Crippen LogP contribution < -0.4 is 10.6 Å². The van der Waals surface area contributed by atoms with E-state index in [4.69, 9.17) is 5.41 Å². The third-order valence-electron chi connectivity index (χ3n) is 4.09. The average molecular weight is 294 g/mol. The predicted molar refractivity (Wildman–Crippen MR) is 81.1 cm³/mol. The summed E-state index contributed by atoms with van der Waals surface area (Å²) in [6, 6.07) is 5.88. The van der Waals surface area contributed by atoms with E-state index in [9.17, 15) is 9.60 Å². The van der Waals surface area contributed by atoms with Crippen LogP contribution in [-0.2, 0) is 0 Å². The van der Waals surface area contributed by atoms with Crippen LogP contribution in [-0.4, -0.2) is 33.3 Å². The molecule has 1 heterocycles. The van der Waals surface area contributed by atoms with Crippen LogP contribution in [0.15, 0.2) is 24.3 Å². The molecule has 2 rings (SSSR count). The van der Waals surface area contributed by atoms with Crippen molar-refractivity contribution >= 4 is 11.6 Å². The molecule has 6 heteroatoms. The van der Waals surface area contributed by atoms with Crippen molar-refractivity contribution < 1.29 is 9.60 Å². The van der Waals surface area contributed by atoms with Gasteiger partial charge in [-0.15, -0.1) is 0 Å². The summed E-state index contributed by atoms with van der Waals surface area (Å²) in [5, 5.41) is 25.5. The fraction of sp³-hybridized carbons (Fsp3) is 0.533. The number of nitrogens with zero attached hydrogens (tertiary/aromatic N) is 1. The second-order valence-corrected chi connectivity index (χ2v) is 6.69. The van der Waals surface area contributed by atoms with Gasteiger partial charge in [-0.25, -0.2) is 4.39 Å². The number of nitrogens with one attached hydrogen (secondary N) is 3. The van der Waals surface area contributed by atoms with Gasteiger partial charge >= 0.3 is 0 Å². The van der Waals surface area contributed by atoms with Gasteiger partial charge in [-0.3, -0.25) is 5.41 Å². The molecule has 0 bridgehead atoms. The van der Waals surface area contributed by atoms with Gasteiger partial charge in [-0.1, -0.05) is 6.07 Å². The molecule has 116 valence electrons. The molecule has 0 radical (unpaired) electrons. The molecule has 21 heavy (non-hydrogen) atoms. The van der Waals surface area contributed by atoms with Crippen molar-refractivity contribution in [2.45, 2.75) is 51.2 Å². The second-order valence-electron chi connectivity index (χ2n) is 6.69. The number of halogens is 1. The van der Waals surface area contributed by atoms with E-state index < -0.39 is 5.54 Å². The number of rotatable bonds is 2. The van der Waals surface area contributed by atoms with Gasteiger partial charge in [0, 0.05) is 11.2 Å². The summed E-state index contributed by atoms with van der Waals surface area (Å²) in [4.78, 5) is 0. The van der Waals surface area contributed by atoms with Gasteiger partial charge in [-0.2, -0.15) is 5.06 Å². The lowest BCUT2D eigenvalue weighted by Gasteiger charge is -2.36. The van der Waals surface area contributed by atoms with E-state index in [0.717, 1.165) is 0 Å². The smallest absolute Gasteiger partial charge is 0.193 e. The van der Waals surface area contributed by atoms with E-state index in [2.05, 4.69) is 10.6 Å². The summed E-state index contributed by atoms with van der Waals surface area (Å²) in [5.41, 5.74) is -0.344. The van der Waals surface area contributed by atoms with Crippen LogP contribution >= 0.6 is 0 Å². The highest BCUT2D eigenvalue weighted by Gasteiger charge is 2.51. The van der Waals surface area contributed by atoms with Crippen molar-refractivity contribution in [1.29, 1.82) is 5.41 Å². The molecule has 0 aromatic heterocycles. The Morgan fingerprint density at radius 2 is 2.05 bits per heavy atom. The van der Waals surface area contributed by atoms with E-state index in [0.29, 0.717) is 12.1 Å². The van der Waals surface area contributed by atoms with Gasteiger partial charge in [0.1, 0.15) is 5.82 Å². The first-order valence-corrected chi connectivity index (χ1v) is 7.00. The summed E-state index contributed by atoms with van der Waals surface area (Å²) in [6.07, 6.45) is 0.698. The molecule has 1 aromatic rings. The van der Waals surface area contributed by atoms with Crippen LogP contribution in [0.25, 0.3) is 0 Å². The van der Waals surface area contributed by atoms with E-state index in [1.807, 2.05) is 27.7 Å². The Kier molecular flexibility index (Phi) is 3.95. The van der Waals surface area contributed by atoms with Gasteiger partial charge in [0.2, 0.25) is 0 Å². The summed E-state index contributed by atoms with van der Waals surface area (Å²) in [6.45, 7) is 7.77. The number of benzene rings is 1. The van der Waals surface area contributed by atoms with Gasteiger partial charge in [0.05, 0.1) is 11.6 Å². The minimum absolute atomic E-state index is 0.0878. The van der Waals surface area contributed by atoms with E-state index in [1.165, 1.54) is 17.2 Å². The van der Waals surface area contributed by atoms with Gasteiger partial charge in [0.25, 0.3) is 0 Å². The number of hydrogen-bond donors (Lipinski definition) is 4. The lowest BCUT2D eigenvalue weighted by Crippen LogP contribution is -2.53. The number of guanidine groups is 1. The molecule has 1 aromatic carbocycles. The van der Waals surface area contributed by atoms with Gasteiger partial charge < -0.3 is 15.8 Å². The normalized spacial score (nSPS) is 23.8. The summed E-state index contributed by atoms with van der Waals surface area (Å²) < 4.78 is 13.1. The van der Waals surface area contributed by atoms with Crippen LogP contribution in [0.3, 0.4) is 0 Å². The zero-order valence-corrected chi connectivity index (χ0v) is 12.9. The molecule has 0 saturated carbocycles. The Hall–Kier alpha value is -1.66. The Labute approximate surface area is 124 Å². The third kappa shape index (κ3) is 3.16. The van der Waals surface area contributed by atoms with E-state index >= 15 is 0 Å². The predicted octanol–water partition coefficient (Wildman–Crippen LogP) is 2.78. The summed E-state index contributed by atoms with van der Waals surface area (Å²) in [7, 11) is 0. The van der Waals surface area contributed by atoms with Crippen molar-refractivity contribution in [2.24, 2.45) is 0 Å². The van der Waals surface area contributed by atoms with Crippen LogP contribution in [0.1, 0.15) is 34.1 Å². The van der Waals surface area contributed by atoms with Crippen molar-refractivity contribution in [3.8, 4) is 0 Å². The number of hydrogen-bond acceptors (Lipinski definition) is 3. The molecule has 0 aliphatic carbocycles. The van der Waals surface area contributed by atoms with Crippen molar-refractivity contribution in [3.05, 3.63) is 30.1 Å². The summed E-state index contributed by atoms with van der Waals surface area (Å²) >= 11 is 0. The maximum absolute atomic E-state index is 13.1. The summed E-state index contributed by atoms with van der Waals surface area (Å²) in [5.74, 6) is -0.263.